The third kappa shape index (κ3) is 3.09. The van der Waals surface area contributed by atoms with Gasteiger partial charge >= 0.3 is 0 Å². The molecular formula is C11H20N4O2S. The molecule has 1 aromatic heterocycles. The minimum atomic E-state index is -3.29. The zero-order valence-corrected chi connectivity index (χ0v) is 11.3. The van der Waals surface area contributed by atoms with Crippen LogP contribution in [0.4, 0.5) is 0 Å². The second-order valence-electron chi connectivity index (χ2n) is 4.57. The van der Waals surface area contributed by atoms with Crippen LogP contribution in [0.1, 0.15) is 38.1 Å². The molecule has 1 saturated heterocycles. The van der Waals surface area contributed by atoms with E-state index in [0.29, 0.717) is 18.8 Å². The van der Waals surface area contributed by atoms with Crippen molar-refractivity contribution in [3.8, 4) is 0 Å². The Kier molecular flexibility index (Phi) is 4.36. The van der Waals surface area contributed by atoms with E-state index in [1.165, 1.54) is 0 Å². The van der Waals surface area contributed by atoms with Gasteiger partial charge in [-0.3, -0.25) is 0 Å². The Morgan fingerprint density at radius 2 is 2.44 bits per heavy atom. The number of hydrogen-bond acceptors (Lipinski definition) is 4. The van der Waals surface area contributed by atoms with Gasteiger partial charge in [-0.1, -0.05) is 6.92 Å². The van der Waals surface area contributed by atoms with Gasteiger partial charge in [0.25, 0.3) is 0 Å². The summed E-state index contributed by atoms with van der Waals surface area (Å²) in [6.07, 6.45) is 5.63. The maximum atomic E-state index is 12.3. The number of H-pyrrole nitrogens is 1. The molecule has 2 heterocycles. The summed E-state index contributed by atoms with van der Waals surface area (Å²) in [4.78, 5) is 7.08. The molecule has 18 heavy (non-hydrogen) atoms. The lowest BCUT2D eigenvalue weighted by Crippen LogP contribution is -2.45. The van der Waals surface area contributed by atoms with Crippen molar-refractivity contribution >= 4 is 10.0 Å². The summed E-state index contributed by atoms with van der Waals surface area (Å²) in [5, 5.41) is 2.79. The topological polar surface area (TPSA) is 86.9 Å². The number of hydrogen-bond donors (Lipinski definition) is 3. The third-order valence-corrected chi connectivity index (χ3v) is 5.15. The smallest absolute Gasteiger partial charge is 0.216 e. The van der Waals surface area contributed by atoms with Gasteiger partial charge in [0.1, 0.15) is 5.82 Å². The predicted octanol–water partition coefficient (Wildman–Crippen LogP) is 0.532. The van der Waals surface area contributed by atoms with Crippen LogP contribution >= 0.6 is 0 Å². The summed E-state index contributed by atoms with van der Waals surface area (Å²) in [6, 6.07) is -0.271. The first-order valence-corrected chi connectivity index (χ1v) is 7.89. The molecule has 1 aromatic rings. The van der Waals surface area contributed by atoms with Crippen LogP contribution in [0.25, 0.3) is 0 Å². The fourth-order valence-corrected chi connectivity index (χ4v) is 3.86. The highest BCUT2D eigenvalue weighted by molar-refractivity contribution is 7.90. The van der Waals surface area contributed by atoms with E-state index in [-0.39, 0.29) is 11.3 Å². The molecule has 1 fully saturated rings. The van der Waals surface area contributed by atoms with Crippen molar-refractivity contribution in [1.82, 2.24) is 20.0 Å². The van der Waals surface area contributed by atoms with E-state index >= 15 is 0 Å². The predicted molar refractivity (Wildman–Crippen MR) is 69.6 cm³/mol. The van der Waals surface area contributed by atoms with Gasteiger partial charge in [-0.2, -0.15) is 0 Å². The molecule has 6 nitrogen and oxygen atoms in total. The van der Waals surface area contributed by atoms with Crippen molar-refractivity contribution in [2.24, 2.45) is 0 Å². The number of aromatic amines is 1. The Morgan fingerprint density at radius 3 is 3.00 bits per heavy atom. The van der Waals surface area contributed by atoms with Crippen molar-refractivity contribution in [2.45, 2.75) is 37.5 Å². The van der Waals surface area contributed by atoms with Crippen LogP contribution in [0.15, 0.2) is 12.4 Å². The minimum absolute atomic E-state index is 0.271. The quantitative estimate of drug-likeness (QED) is 0.730. The van der Waals surface area contributed by atoms with Crippen LogP contribution in [0.5, 0.6) is 0 Å². The molecule has 1 aliphatic rings. The van der Waals surface area contributed by atoms with E-state index in [2.05, 4.69) is 20.0 Å². The highest BCUT2D eigenvalue weighted by Crippen LogP contribution is 2.17. The molecule has 0 aliphatic carbocycles. The zero-order chi connectivity index (χ0) is 13.0. The summed E-state index contributed by atoms with van der Waals surface area (Å²) in [5.74, 6) is 0.671. The summed E-state index contributed by atoms with van der Waals surface area (Å²) in [5.41, 5.74) is 0. The molecule has 0 amide bonds. The van der Waals surface area contributed by atoms with Gasteiger partial charge in [0, 0.05) is 18.9 Å². The largest absolute Gasteiger partial charge is 0.347 e. The van der Waals surface area contributed by atoms with E-state index in [1.54, 1.807) is 12.4 Å². The van der Waals surface area contributed by atoms with Crippen LogP contribution in [0.2, 0.25) is 0 Å². The molecule has 0 saturated carbocycles. The lowest BCUT2D eigenvalue weighted by atomic mass is 10.2. The van der Waals surface area contributed by atoms with Gasteiger partial charge in [-0.15, -0.1) is 0 Å². The molecule has 1 aliphatic heterocycles. The van der Waals surface area contributed by atoms with Gasteiger partial charge in [0.05, 0.1) is 11.3 Å². The average Bonchev–Trinajstić information content (AvgIpc) is 2.91. The van der Waals surface area contributed by atoms with Gasteiger partial charge < -0.3 is 10.3 Å². The Morgan fingerprint density at radius 1 is 1.61 bits per heavy atom. The first kappa shape index (κ1) is 13.5. The van der Waals surface area contributed by atoms with Crippen LogP contribution in [-0.4, -0.2) is 36.7 Å². The Balaban J connectivity index is 2.06. The van der Waals surface area contributed by atoms with E-state index in [9.17, 15) is 8.42 Å². The van der Waals surface area contributed by atoms with Gasteiger partial charge in [0.2, 0.25) is 10.0 Å². The molecule has 2 atom stereocenters. The van der Waals surface area contributed by atoms with Crippen molar-refractivity contribution < 1.29 is 8.42 Å². The van der Waals surface area contributed by atoms with Gasteiger partial charge in [-0.05, 0) is 25.8 Å². The number of nitrogens with one attached hydrogen (secondary N) is 3. The second kappa shape index (κ2) is 5.81. The molecule has 0 aromatic carbocycles. The summed E-state index contributed by atoms with van der Waals surface area (Å²) in [7, 11) is -3.29. The zero-order valence-electron chi connectivity index (χ0n) is 10.5. The molecule has 3 N–H and O–H groups in total. The highest BCUT2D eigenvalue weighted by atomic mass is 32.2. The molecule has 0 spiro atoms. The van der Waals surface area contributed by atoms with Crippen molar-refractivity contribution in [3.05, 3.63) is 18.2 Å². The van der Waals surface area contributed by atoms with Gasteiger partial charge in [-0.25, -0.2) is 18.1 Å². The first-order chi connectivity index (χ1) is 8.63. The second-order valence-corrected chi connectivity index (χ2v) is 6.56. The number of imidazole rings is 1. The van der Waals surface area contributed by atoms with Crippen LogP contribution < -0.4 is 10.0 Å². The SMILES string of the molecule is CCC(NS(=O)(=O)C1CCCNC1)c1ncc[nH]1. The third-order valence-electron chi connectivity index (χ3n) is 3.25. The summed E-state index contributed by atoms with van der Waals surface area (Å²) in [6.45, 7) is 3.38. The summed E-state index contributed by atoms with van der Waals surface area (Å²) >= 11 is 0. The Bertz CT molecular complexity index is 451. The van der Waals surface area contributed by atoms with Crippen molar-refractivity contribution in [2.75, 3.05) is 13.1 Å². The van der Waals surface area contributed by atoms with Crippen LogP contribution in [0.3, 0.4) is 0 Å². The molecule has 0 bridgehead atoms. The van der Waals surface area contributed by atoms with Crippen LogP contribution in [-0.2, 0) is 10.0 Å². The van der Waals surface area contributed by atoms with E-state index in [0.717, 1.165) is 19.4 Å². The maximum Gasteiger partial charge on any atom is 0.216 e. The van der Waals surface area contributed by atoms with E-state index in [1.807, 2.05) is 6.92 Å². The maximum absolute atomic E-state index is 12.3. The van der Waals surface area contributed by atoms with Gasteiger partial charge in [0.15, 0.2) is 0 Å². The minimum Gasteiger partial charge on any atom is -0.347 e. The normalized spacial score (nSPS) is 22.8. The first-order valence-electron chi connectivity index (χ1n) is 6.34. The monoisotopic (exact) mass is 272 g/mol. The average molecular weight is 272 g/mol. The fourth-order valence-electron chi connectivity index (χ4n) is 2.18. The summed E-state index contributed by atoms with van der Waals surface area (Å²) < 4.78 is 27.3. The standard InChI is InChI=1S/C11H20N4O2S/c1-2-10(11-13-6-7-14-11)15-18(16,17)9-4-3-5-12-8-9/h6-7,9-10,12,15H,2-5,8H2,1H3,(H,13,14). The Labute approximate surface area is 108 Å². The number of rotatable bonds is 5. The lowest BCUT2D eigenvalue weighted by Gasteiger charge is -2.25. The number of sulfonamides is 1. The molecular weight excluding hydrogens is 252 g/mol. The molecule has 102 valence electrons. The molecule has 2 unspecified atom stereocenters. The number of nitrogens with zero attached hydrogens (tertiary/aromatic N) is 1. The fraction of sp³-hybridized carbons (Fsp3) is 0.727. The van der Waals surface area contributed by atoms with Crippen LogP contribution in [0, 0.1) is 0 Å². The Hall–Kier alpha value is -0.920. The van der Waals surface area contributed by atoms with E-state index in [4.69, 9.17) is 0 Å². The van der Waals surface area contributed by atoms with E-state index < -0.39 is 10.0 Å². The number of piperidine rings is 1. The number of aromatic nitrogens is 2. The lowest BCUT2D eigenvalue weighted by molar-refractivity contribution is 0.477. The van der Waals surface area contributed by atoms with Crippen molar-refractivity contribution in [1.29, 1.82) is 0 Å². The van der Waals surface area contributed by atoms with Crippen molar-refractivity contribution in [3.63, 3.8) is 0 Å². The molecule has 7 heteroatoms. The molecule has 2 rings (SSSR count). The molecule has 0 radical (unpaired) electrons. The highest BCUT2D eigenvalue weighted by Gasteiger charge is 2.29.